The minimum Gasteiger partial charge on any atom is -0.499 e. The van der Waals surface area contributed by atoms with E-state index >= 15 is 0 Å². The van der Waals surface area contributed by atoms with E-state index in [-0.39, 0.29) is 12.6 Å². The van der Waals surface area contributed by atoms with Crippen molar-refractivity contribution in [2.75, 3.05) is 20.3 Å². The van der Waals surface area contributed by atoms with E-state index in [1.165, 1.54) is 13.4 Å². The summed E-state index contributed by atoms with van der Waals surface area (Å²) in [5, 5.41) is 8.02. The SMILES string of the molecule is C=COCCO.CCCC(=O)OC. The predicted octanol–water partition coefficient (Wildman–Crippen LogP) is 1.10. The van der Waals surface area contributed by atoms with Gasteiger partial charge in [0, 0.05) is 6.42 Å². The molecule has 0 fully saturated rings. The summed E-state index contributed by atoms with van der Waals surface area (Å²) in [6.07, 6.45) is 2.71. The molecular weight excluding hydrogens is 172 g/mol. The van der Waals surface area contributed by atoms with Gasteiger partial charge in [0.05, 0.1) is 20.0 Å². The Bertz CT molecular complexity index is 123. The van der Waals surface area contributed by atoms with Gasteiger partial charge in [-0.2, -0.15) is 0 Å². The Balaban J connectivity index is 0. The van der Waals surface area contributed by atoms with Crippen LogP contribution in [-0.2, 0) is 14.3 Å². The van der Waals surface area contributed by atoms with Gasteiger partial charge in [-0.3, -0.25) is 4.79 Å². The molecule has 0 amide bonds. The van der Waals surface area contributed by atoms with Gasteiger partial charge in [0.15, 0.2) is 0 Å². The Hall–Kier alpha value is -1.03. The van der Waals surface area contributed by atoms with E-state index < -0.39 is 0 Å². The summed E-state index contributed by atoms with van der Waals surface area (Å²) in [4.78, 5) is 10.2. The van der Waals surface area contributed by atoms with Crippen LogP contribution in [0.1, 0.15) is 19.8 Å². The molecule has 0 spiro atoms. The summed E-state index contributed by atoms with van der Waals surface area (Å²) in [5.74, 6) is -0.123. The summed E-state index contributed by atoms with van der Waals surface area (Å²) in [7, 11) is 1.40. The van der Waals surface area contributed by atoms with Crippen molar-refractivity contribution in [1.82, 2.24) is 0 Å². The molecule has 0 aliphatic carbocycles. The maximum atomic E-state index is 10.2. The highest BCUT2D eigenvalue weighted by molar-refractivity contribution is 5.68. The van der Waals surface area contributed by atoms with E-state index in [9.17, 15) is 4.79 Å². The average molecular weight is 190 g/mol. The minimum absolute atomic E-state index is 0.0615. The van der Waals surface area contributed by atoms with Crippen molar-refractivity contribution in [1.29, 1.82) is 0 Å². The van der Waals surface area contributed by atoms with Crippen molar-refractivity contribution in [3.05, 3.63) is 12.8 Å². The molecule has 78 valence electrons. The van der Waals surface area contributed by atoms with Crippen LogP contribution in [0.4, 0.5) is 0 Å². The van der Waals surface area contributed by atoms with Crippen LogP contribution >= 0.6 is 0 Å². The van der Waals surface area contributed by atoms with Gasteiger partial charge in [-0.1, -0.05) is 13.5 Å². The second-order valence-electron chi connectivity index (χ2n) is 2.09. The van der Waals surface area contributed by atoms with Gasteiger partial charge < -0.3 is 14.6 Å². The smallest absolute Gasteiger partial charge is 0.305 e. The molecule has 0 saturated heterocycles. The van der Waals surface area contributed by atoms with E-state index in [1.807, 2.05) is 6.92 Å². The standard InChI is InChI=1S/C5H10O2.C4H8O2/c1-3-4-5(6)7-2;1-2-6-4-3-5/h3-4H2,1-2H3;2,5H,1,3-4H2. The van der Waals surface area contributed by atoms with Gasteiger partial charge in [0.25, 0.3) is 0 Å². The van der Waals surface area contributed by atoms with E-state index in [1.54, 1.807) is 0 Å². The van der Waals surface area contributed by atoms with Crippen LogP contribution < -0.4 is 0 Å². The fraction of sp³-hybridized carbons (Fsp3) is 0.667. The molecule has 0 saturated carbocycles. The summed E-state index contributed by atoms with van der Waals surface area (Å²) in [6.45, 7) is 5.62. The second-order valence-corrected chi connectivity index (χ2v) is 2.09. The van der Waals surface area contributed by atoms with Crippen molar-refractivity contribution in [2.24, 2.45) is 0 Å². The highest BCUT2D eigenvalue weighted by Crippen LogP contribution is 1.86. The number of hydrogen-bond donors (Lipinski definition) is 1. The van der Waals surface area contributed by atoms with E-state index in [4.69, 9.17) is 5.11 Å². The molecule has 0 aromatic rings. The Kier molecular flexibility index (Phi) is 15.1. The molecule has 0 bridgehead atoms. The Morgan fingerprint density at radius 3 is 2.38 bits per heavy atom. The molecular formula is C9H18O4. The van der Waals surface area contributed by atoms with Gasteiger partial charge in [0.1, 0.15) is 6.61 Å². The number of ether oxygens (including phenoxy) is 2. The molecule has 0 rings (SSSR count). The van der Waals surface area contributed by atoms with Crippen LogP contribution in [0.25, 0.3) is 0 Å². The maximum absolute atomic E-state index is 10.2. The first-order chi connectivity index (χ1) is 6.22. The Labute approximate surface area is 79.2 Å². The maximum Gasteiger partial charge on any atom is 0.305 e. The number of esters is 1. The van der Waals surface area contributed by atoms with Crippen molar-refractivity contribution in [3.8, 4) is 0 Å². The monoisotopic (exact) mass is 190 g/mol. The van der Waals surface area contributed by atoms with E-state index in [0.717, 1.165) is 6.42 Å². The van der Waals surface area contributed by atoms with Gasteiger partial charge in [-0.05, 0) is 6.42 Å². The molecule has 0 unspecified atom stereocenters. The van der Waals surface area contributed by atoms with Crippen LogP contribution in [-0.4, -0.2) is 31.4 Å². The molecule has 0 aromatic heterocycles. The Morgan fingerprint density at radius 2 is 2.23 bits per heavy atom. The van der Waals surface area contributed by atoms with Gasteiger partial charge in [-0.25, -0.2) is 0 Å². The first-order valence-corrected chi connectivity index (χ1v) is 4.13. The molecule has 0 aliphatic heterocycles. The van der Waals surface area contributed by atoms with Crippen molar-refractivity contribution in [2.45, 2.75) is 19.8 Å². The molecule has 1 N–H and O–H groups in total. The van der Waals surface area contributed by atoms with E-state index in [2.05, 4.69) is 16.1 Å². The first kappa shape index (κ1) is 14.5. The second kappa shape index (κ2) is 13.6. The lowest BCUT2D eigenvalue weighted by molar-refractivity contribution is -0.140. The average Bonchev–Trinajstić information content (AvgIpc) is 2.16. The van der Waals surface area contributed by atoms with Crippen molar-refractivity contribution >= 4 is 5.97 Å². The van der Waals surface area contributed by atoms with Gasteiger partial charge in [-0.15, -0.1) is 0 Å². The minimum atomic E-state index is -0.123. The first-order valence-electron chi connectivity index (χ1n) is 4.13. The topological polar surface area (TPSA) is 55.8 Å². The summed E-state index contributed by atoms with van der Waals surface area (Å²) < 4.78 is 8.85. The molecule has 0 aromatic carbocycles. The van der Waals surface area contributed by atoms with Crippen LogP contribution in [0, 0.1) is 0 Å². The van der Waals surface area contributed by atoms with Crippen LogP contribution in [0.5, 0.6) is 0 Å². The third-order valence-electron chi connectivity index (χ3n) is 1.01. The highest BCUT2D eigenvalue weighted by atomic mass is 16.5. The fourth-order valence-electron chi connectivity index (χ4n) is 0.442. The summed E-state index contributed by atoms with van der Waals surface area (Å²) in [6, 6.07) is 0. The van der Waals surface area contributed by atoms with Crippen molar-refractivity contribution in [3.63, 3.8) is 0 Å². The van der Waals surface area contributed by atoms with Crippen LogP contribution in [0.15, 0.2) is 12.8 Å². The zero-order valence-corrected chi connectivity index (χ0v) is 8.28. The molecule has 4 nitrogen and oxygen atoms in total. The number of carbonyl (C=O) groups is 1. The number of aliphatic hydroxyl groups excluding tert-OH is 1. The molecule has 0 atom stereocenters. The number of carbonyl (C=O) groups excluding carboxylic acids is 1. The predicted molar refractivity (Wildman–Crippen MR) is 50.2 cm³/mol. The fourth-order valence-corrected chi connectivity index (χ4v) is 0.442. The number of methoxy groups -OCH3 is 1. The van der Waals surface area contributed by atoms with E-state index in [0.29, 0.717) is 13.0 Å². The molecule has 4 heteroatoms. The van der Waals surface area contributed by atoms with Gasteiger partial charge >= 0.3 is 5.97 Å². The molecule has 13 heavy (non-hydrogen) atoms. The zero-order chi connectivity index (χ0) is 10.5. The summed E-state index contributed by atoms with van der Waals surface area (Å²) >= 11 is 0. The third-order valence-corrected chi connectivity index (χ3v) is 1.01. The highest BCUT2D eigenvalue weighted by Gasteiger charge is 1.92. The molecule has 0 aliphatic rings. The summed E-state index contributed by atoms with van der Waals surface area (Å²) in [5.41, 5.74) is 0. The lowest BCUT2D eigenvalue weighted by Gasteiger charge is -1.91. The third kappa shape index (κ3) is 18.2. The number of rotatable bonds is 5. The quantitative estimate of drug-likeness (QED) is 0.400. The normalized spacial score (nSPS) is 7.92. The van der Waals surface area contributed by atoms with Gasteiger partial charge in [0.2, 0.25) is 0 Å². The Morgan fingerprint density at radius 1 is 1.62 bits per heavy atom. The number of aliphatic hydroxyl groups is 1. The zero-order valence-electron chi connectivity index (χ0n) is 8.28. The van der Waals surface area contributed by atoms with Crippen molar-refractivity contribution < 1.29 is 19.4 Å². The molecule has 0 radical (unpaired) electrons. The lowest BCUT2D eigenvalue weighted by atomic mass is 10.3. The molecule has 0 heterocycles. The largest absolute Gasteiger partial charge is 0.499 e. The van der Waals surface area contributed by atoms with Crippen LogP contribution in [0.3, 0.4) is 0 Å². The lowest BCUT2D eigenvalue weighted by Crippen LogP contribution is -1.97. The number of hydrogen-bond acceptors (Lipinski definition) is 4. The van der Waals surface area contributed by atoms with Crippen LogP contribution in [0.2, 0.25) is 0 Å².